The second kappa shape index (κ2) is 8.60. The second-order valence-corrected chi connectivity index (χ2v) is 6.45. The van der Waals surface area contributed by atoms with Crippen molar-refractivity contribution in [3.05, 3.63) is 64.9 Å². The summed E-state index contributed by atoms with van der Waals surface area (Å²) in [6.07, 6.45) is 2.52. The minimum absolute atomic E-state index is 0.0795. The van der Waals surface area contributed by atoms with Gasteiger partial charge in [-0.25, -0.2) is 9.59 Å². The highest BCUT2D eigenvalue weighted by molar-refractivity contribution is 6.00. The number of anilines is 1. The number of hydrogen-bond donors (Lipinski definition) is 1. The molecule has 1 N–H and O–H groups in total. The third-order valence-corrected chi connectivity index (χ3v) is 4.54. The molecule has 0 fully saturated rings. The standard InChI is InChI=1S/C22H21NO6/c1-4-13-5-6-19-18(7-13)16(12-29-19)11-20(24)23-17-9-14(21(25)27-2)8-15(10-17)22(26)28-3/h5-10,12H,4,11H2,1-3H3,(H,23,24). The summed E-state index contributed by atoms with van der Waals surface area (Å²) in [6.45, 7) is 2.06. The van der Waals surface area contributed by atoms with Gasteiger partial charge in [-0.2, -0.15) is 0 Å². The maximum Gasteiger partial charge on any atom is 0.337 e. The Bertz CT molecular complexity index is 1050. The number of aryl methyl sites for hydroxylation is 1. The van der Waals surface area contributed by atoms with Gasteiger partial charge in [-0.1, -0.05) is 13.0 Å². The number of carbonyl (C=O) groups excluding carboxylic acids is 3. The highest BCUT2D eigenvalue weighted by atomic mass is 16.5. The van der Waals surface area contributed by atoms with Crippen molar-refractivity contribution < 1.29 is 28.3 Å². The molecule has 0 saturated heterocycles. The minimum atomic E-state index is -0.626. The van der Waals surface area contributed by atoms with Gasteiger partial charge < -0.3 is 19.2 Å². The first-order valence-corrected chi connectivity index (χ1v) is 9.05. The fraction of sp³-hybridized carbons (Fsp3) is 0.227. The maximum atomic E-state index is 12.6. The fourth-order valence-corrected chi connectivity index (χ4v) is 3.04. The highest BCUT2D eigenvalue weighted by Crippen LogP contribution is 2.24. The number of nitrogens with one attached hydrogen (secondary N) is 1. The van der Waals surface area contributed by atoms with Crippen molar-refractivity contribution in [2.24, 2.45) is 0 Å². The van der Waals surface area contributed by atoms with E-state index in [4.69, 9.17) is 13.9 Å². The van der Waals surface area contributed by atoms with Crippen LogP contribution < -0.4 is 5.32 Å². The average molecular weight is 395 g/mol. The van der Waals surface area contributed by atoms with Crippen molar-refractivity contribution >= 4 is 34.5 Å². The summed E-state index contributed by atoms with van der Waals surface area (Å²) in [5.41, 5.74) is 3.17. The van der Waals surface area contributed by atoms with E-state index < -0.39 is 11.9 Å². The van der Waals surface area contributed by atoms with E-state index >= 15 is 0 Å². The van der Waals surface area contributed by atoms with Crippen molar-refractivity contribution in [1.29, 1.82) is 0 Å². The molecule has 0 aliphatic carbocycles. The van der Waals surface area contributed by atoms with Gasteiger partial charge in [0.25, 0.3) is 0 Å². The number of fused-ring (bicyclic) bond motifs is 1. The lowest BCUT2D eigenvalue weighted by atomic mass is 10.1. The normalized spacial score (nSPS) is 10.6. The first-order valence-electron chi connectivity index (χ1n) is 9.05. The molecule has 29 heavy (non-hydrogen) atoms. The van der Waals surface area contributed by atoms with Gasteiger partial charge in [0, 0.05) is 16.6 Å². The van der Waals surface area contributed by atoms with E-state index in [9.17, 15) is 14.4 Å². The highest BCUT2D eigenvalue weighted by Gasteiger charge is 2.16. The molecule has 1 amide bonds. The van der Waals surface area contributed by atoms with Crippen molar-refractivity contribution in [1.82, 2.24) is 0 Å². The number of benzene rings is 2. The maximum absolute atomic E-state index is 12.6. The molecule has 0 aliphatic rings. The Hall–Kier alpha value is -3.61. The van der Waals surface area contributed by atoms with Crippen molar-refractivity contribution in [2.45, 2.75) is 19.8 Å². The average Bonchev–Trinajstić information content (AvgIpc) is 3.13. The summed E-state index contributed by atoms with van der Waals surface area (Å²) < 4.78 is 14.9. The first kappa shape index (κ1) is 20.1. The Morgan fingerprint density at radius 1 is 0.966 bits per heavy atom. The number of esters is 2. The van der Waals surface area contributed by atoms with Gasteiger partial charge in [0.05, 0.1) is 38.0 Å². The van der Waals surface area contributed by atoms with Gasteiger partial charge in [-0.05, 0) is 42.3 Å². The van der Waals surface area contributed by atoms with E-state index in [1.54, 1.807) is 6.26 Å². The quantitative estimate of drug-likeness (QED) is 0.639. The van der Waals surface area contributed by atoms with Gasteiger partial charge in [-0.15, -0.1) is 0 Å². The summed E-state index contributed by atoms with van der Waals surface area (Å²) in [6, 6.07) is 10.1. The predicted molar refractivity (Wildman–Crippen MR) is 107 cm³/mol. The van der Waals surface area contributed by atoms with Gasteiger partial charge >= 0.3 is 11.9 Å². The van der Waals surface area contributed by atoms with Gasteiger partial charge in [0.15, 0.2) is 0 Å². The number of methoxy groups -OCH3 is 2. The molecule has 0 atom stereocenters. The van der Waals surface area contributed by atoms with Crippen LogP contribution in [0.25, 0.3) is 11.0 Å². The molecule has 7 heteroatoms. The van der Waals surface area contributed by atoms with Gasteiger partial charge in [0.2, 0.25) is 5.91 Å². The molecular weight excluding hydrogens is 374 g/mol. The topological polar surface area (TPSA) is 94.8 Å². The van der Waals surface area contributed by atoms with Crippen molar-refractivity contribution in [2.75, 3.05) is 19.5 Å². The van der Waals surface area contributed by atoms with Crippen LogP contribution >= 0.6 is 0 Å². The minimum Gasteiger partial charge on any atom is -0.465 e. The van der Waals surface area contributed by atoms with Crippen LogP contribution in [0.3, 0.4) is 0 Å². The Morgan fingerprint density at radius 3 is 2.21 bits per heavy atom. The van der Waals surface area contributed by atoms with E-state index in [-0.39, 0.29) is 23.5 Å². The zero-order valence-electron chi connectivity index (χ0n) is 16.4. The second-order valence-electron chi connectivity index (χ2n) is 6.45. The van der Waals surface area contributed by atoms with E-state index in [0.717, 1.165) is 22.9 Å². The first-order chi connectivity index (χ1) is 13.9. The molecule has 0 radical (unpaired) electrons. The molecule has 3 aromatic rings. The third-order valence-electron chi connectivity index (χ3n) is 4.54. The summed E-state index contributed by atoms with van der Waals surface area (Å²) in [4.78, 5) is 36.4. The molecule has 1 aromatic heterocycles. The largest absolute Gasteiger partial charge is 0.465 e. The van der Waals surface area contributed by atoms with Crippen LogP contribution in [0.1, 0.15) is 38.8 Å². The molecule has 0 aliphatic heterocycles. The molecule has 3 rings (SSSR count). The predicted octanol–water partition coefficient (Wildman–Crippen LogP) is 3.75. The fourth-order valence-electron chi connectivity index (χ4n) is 3.04. The molecule has 2 aromatic carbocycles. The SMILES string of the molecule is CCc1ccc2occ(CC(=O)Nc3cc(C(=O)OC)cc(C(=O)OC)c3)c2c1. The Labute approximate surface area is 167 Å². The molecule has 0 saturated carbocycles. The number of furan rings is 1. The number of ether oxygens (including phenoxy) is 2. The van der Waals surface area contributed by atoms with Crippen molar-refractivity contribution in [3.63, 3.8) is 0 Å². The van der Waals surface area contributed by atoms with Crippen LogP contribution in [0.15, 0.2) is 47.1 Å². The molecule has 1 heterocycles. The van der Waals surface area contributed by atoms with Gasteiger partial charge in [-0.3, -0.25) is 4.79 Å². The third kappa shape index (κ3) is 4.45. The molecule has 0 unspecified atom stereocenters. The summed E-state index contributed by atoms with van der Waals surface area (Å²) >= 11 is 0. The zero-order chi connectivity index (χ0) is 21.0. The lowest BCUT2D eigenvalue weighted by Gasteiger charge is -2.09. The van der Waals surface area contributed by atoms with E-state index in [2.05, 4.69) is 12.2 Å². The van der Waals surface area contributed by atoms with Crippen LogP contribution in [-0.4, -0.2) is 32.1 Å². The number of amides is 1. The molecule has 0 bridgehead atoms. The van der Waals surface area contributed by atoms with Crippen LogP contribution in [0.4, 0.5) is 5.69 Å². The van der Waals surface area contributed by atoms with E-state index in [0.29, 0.717) is 11.3 Å². The van der Waals surface area contributed by atoms with Crippen LogP contribution in [-0.2, 0) is 27.1 Å². The van der Waals surface area contributed by atoms with Gasteiger partial charge in [0.1, 0.15) is 5.58 Å². The van der Waals surface area contributed by atoms with Crippen LogP contribution in [0.5, 0.6) is 0 Å². The van der Waals surface area contributed by atoms with E-state index in [1.807, 2.05) is 18.2 Å². The molecule has 7 nitrogen and oxygen atoms in total. The lowest BCUT2D eigenvalue weighted by molar-refractivity contribution is -0.115. The summed E-state index contributed by atoms with van der Waals surface area (Å²) in [5, 5.41) is 3.60. The number of hydrogen-bond acceptors (Lipinski definition) is 6. The number of rotatable bonds is 6. The van der Waals surface area contributed by atoms with Crippen LogP contribution in [0, 0.1) is 0 Å². The molecular formula is C22H21NO6. The monoisotopic (exact) mass is 395 g/mol. The zero-order valence-corrected chi connectivity index (χ0v) is 16.4. The van der Waals surface area contributed by atoms with E-state index in [1.165, 1.54) is 32.4 Å². The Kier molecular flexibility index (Phi) is 5.97. The summed E-state index contributed by atoms with van der Waals surface area (Å²) in [7, 11) is 2.47. The molecule has 150 valence electrons. The molecule has 0 spiro atoms. The summed E-state index contributed by atoms with van der Waals surface area (Å²) in [5.74, 6) is -1.56. The Morgan fingerprint density at radius 2 is 1.62 bits per heavy atom. The Balaban J connectivity index is 1.85. The van der Waals surface area contributed by atoms with Crippen LogP contribution in [0.2, 0.25) is 0 Å². The lowest BCUT2D eigenvalue weighted by Crippen LogP contribution is -2.16. The van der Waals surface area contributed by atoms with Crippen molar-refractivity contribution in [3.8, 4) is 0 Å². The smallest absolute Gasteiger partial charge is 0.337 e. The number of carbonyl (C=O) groups is 3.